The van der Waals surface area contributed by atoms with Crippen molar-refractivity contribution < 1.29 is 5.11 Å². The molecule has 1 N–H and O–H groups in total. The maximum absolute atomic E-state index is 10.9. The highest BCUT2D eigenvalue weighted by atomic mass is 16.3. The van der Waals surface area contributed by atoms with Crippen LogP contribution in [0, 0.1) is 6.92 Å². The number of aromatic hydroxyl groups is 1. The zero-order chi connectivity index (χ0) is 33.1. The van der Waals surface area contributed by atoms with Gasteiger partial charge in [-0.1, -0.05) is 108 Å². The third-order valence-corrected chi connectivity index (χ3v) is 9.19. The Labute approximate surface area is 277 Å². The predicted octanol–water partition coefficient (Wildman–Crippen LogP) is 11.2. The monoisotopic (exact) mass is 615 g/mol. The van der Waals surface area contributed by atoms with Crippen molar-refractivity contribution in [2.24, 2.45) is 0 Å². The summed E-state index contributed by atoms with van der Waals surface area (Å²) in [5.41, 5.74) is 12.5. The molecule has 0 unspecified atom stereocenters. The Morgan fingerprint density at radius 3 is 2.06 bits per heavy atom. The van der Waals surface area contributed by atoms with Gasteiger partial charge in [0, 0.05) is 33.8 Å². The second-order valence-corrected chi connectivity index (χ2v) is 14.6. The highest BCUT2D eigenvalue weighted by Gasteiger charge is 2.23. The molecule has 0 fully saturated rings. The molecule has 0 radical (unpaired) electrons. The Morgan fingerprint density at radius 1 is 0.596 bits per heavy atom. The van der Waals surface area contributed by atoms with Crippen molar-refractivity contribution in [1.29, 1.82) is 0 Å². The molecule has 4 heteroatoms. The van der Waals surface area contributed by atoms with Crippen LogP contribution in [0.15, 0.2) is 115 Å². The van der Waals surface area contributed by atoms with E-state index in [4.69, 9.17) is 9.97 Å². The fourth-order valence-corrected chi connectivity index (χ4v) is 6.50. The molecule has 47 heavy (non-hydrogen) atoms. The van der Waals surface area contributed by atoms with E-state index in [0.717, 1.165) is 61.3 Å². The summed E-state index contributed by atoms with van der Waals surface area (Å²) in [5, 5.41) is 12.0. The third kappa shape index (κ3) is 5.48. The van der Waals surface area contributed by atoms with E-state index in [1.54, 1.807) is 6.07 Å². The van der Waals surface area contributed by atoms with E-state index >= 15 is 0 Å². The first-order valence-electron chi connectivity index (χ1n) is 16.3. The fourth-order valence-electron chi connectivity index (χ4n) is 6.50. The Balaban J connectivity index is 1.51. The topological polar surface area (TPSA) is 50.9 Å². The largest absolute Gasteiger partial charge is 0.507 e. The summed E-state index contributed by atoms with van der Waals surface area (Å²) >= 11 is 0. The highest BCUT2D eigenvalue weighted by molar-refractivity contribution is 5.98. The van der Waals surface area contributed by atoms with Crippen LogP contribution in [0.3, 0.4) is 0 Å². The van der Waals surface area contributed by atoms with Crippen LogP contribution in [0.1, 0.15) is 58.2 Å². The molecule has 234 valence electrons. The van der Waals surface area contributed by atoms with Crippen LogP contribution in [0.25, 0.3) is 61.3 Å². The Kier molecular flexibility index (Phi) is 7.28. The number of pyridine rings is 1. The number of aryl methyl sites for hydroxylation is 1. The Hall–Kier alpha value is -5.22. The van der Waals surface area contributed by atoms with Gasteiger partial charge in [-0.15, -0.1) is 0 Å². The van der Waals surface area contributed by atoms with Gasteiger partial charge in [-0.2, -0.15) is 0 Å². The maximum atomic E-state index is 10.9. The number of rotatable bonds is 4. The summed E-state index contributed by atoms with van der Waals surface area (Å²) in [6.07, 6.45) is 1.87. The number of aromatic nitrogens is 3. The zero-order valence-electron chi connectivity index (χ0n) is 28.3. The van der Waals surface area contributed by atoms with E-state index in [0.29, 0.717) is 0 Å². The van der Waals surface area contributed by atoms with Crippen molar-refractivity contribution in [2.75, 3.05) is 0 Å². The standard InChI is InChI=1S/C43H41N3O/c1-27-23-31(42(2,3)4)20-21-36(27)46-37-18-11-17-34(33-16-8-9-19-38(33)47)40(37)45-41(46)30-14-10-13-28(24-30)35-26-32(43(5,6)7)25-29-15-12-22-44-39(29)35/h8-26,47H,1-7H3. The van der Waals surface area contributed by atoms with Crippen molar-refractivity contribution in [3.8, 4) is 45.1 Å². The van der Waals surface area contributed by atoms with Crippen molar-refractivity contribution in [2.45, 2.75) is 59.3 Å². The molecule has 2 heterocycles. The fraction of sp³-hybridized carbons (Fsp3) is 0.209. The van der Waals surface area contributed by atoms with Crippen molar-refractivity contribution in [3.63, 3.8) is 0 Å². The van der Waals surface area contributed by atoms with Gasteiger partial charge in [0.05, 0.1) is 22.2 Å². The van der Waals surface area contributed by atoms with E-state index in [2.05, 4.69) is 126 Å². The minimum atomic E-state index is -0.0134. The number of hydrogen-bond donors (Lipinski definition) is 1. The number of benzene rings is 5. The summed E-state index contributed by atoms with van der Waals surface area (Å²) in [6, 6.07) is 37.8. The van der Waals surface area contributed by atoms with Gasteiger partial charge < -0.3 is 5.11 Å². The molecule has 0 spiro atoms. The molecule has 4 nitrogen and oxygen atoms in total. The summed E-state index contributed by atoms with van der Waals surface area (Å²) < 4.78 is 2.28. The summed E-state index contributed by atoms with van der Waals surface area (Å²) in [5.74, 6) is 1.09. The second-order valence-electron chi connectivity index (χ2n) is 14.6. The number of phenols is 1. The third-order valence-electron chi connectivity index (χ3n) is 9.19. The van der Waals surface area contributed by atoms with Crippen molar-refractivity contribution >= 4 is 21.9 Å². The molecule has 0 aliphatic heterocycles. The lowest BCUT2D eigenvalue weighted by Crippen LogP contribution is -2.12. The van der Waals surface area contributed by atoms with E-state index in [1.165, 1.54) is 16.7 Å². The normalized spacial score (nSPS) is 12.2. The Morgan fingerprint density at radius 2 is 1.32 bits per heavy atom. The quantitative estimate of drug-likeness (QED) is 0.214. The number of phenolic OH excluding ortho intramolecular Hbond substituents is 1. The lowest BCUT2D eigenvalue weighted by atomic mass is 9.84. The minimum absolute atomic E-state index is 0.0134. The van der Waals surface area contributed by atoms with E-state index < -0.39 is 0 Å². The molecular weight excluding hydrogens is 574 g/mol. The average Bonchev–Trinajstić information content (AvgIpc) is 3.43. The van der Waals surface area contributed by atoms with Gasteiger partial charge in [0.15, 0.2) is 0 Å². The van der Waals surface area contributed by atoms with Crippen LogP contribution < -0.4 is 0 Å². The van der Waals surface area contributed by atoms with Crippen LogP contribution in [-0.4, -0.2) is 19.6 Å². The predicted molar refractivity (Wildman–Crippen MR) is 196 cm³/mol. The first kappa shape index (κ1) is 30.4. The van der Waals surface area contributed by atoms with Gasteiger partial charge in [-0.3, -0.25) is 9.55 Å². The smallest absolute Gasteiger partial charge is 0.145 e. The number of para-hydroxylation sites is 2. The van der Waals surface area contributed by atoms with E-state index in [9.17, 15) is 5.11 Å². The first-order valence-corrected chi connectivity index (χ1v) is 16.3. The molecule has 0 aliphatic carbocycles. The van der Waals surface area contributed by atoms with Gasteiger partial charge in [-0.25, -0.2) is 4.98 Å². The van der Waals surface area contributed by atoms with E-state index in [1.807, 2.05) is 36.5 Å². The summed E-state index contributed by atoms with van der Waals surface area (Å²) in [6.45, 7) is 15.7. The van der Waals surface area contributed by atoms with Crippen LogP contribution in [0.2, 0.25) is 0 Å². The van der Waals surface area contributed by atoms with Crippen molar-refractivity contribution in [3.05, 3.63) is 132 Å². The number of nitrogens with zero attached hydrogens (tertiary/aromatic N) is 3. The van der Waals surface area contributed by atoms with E-state index in [-0.39, 0.29) is 16.6 Å². The summed E-state index contributed by atoms with van der Waals surface area (Å²) in [7, 11) is 0. The van der Waals surface area contributed by atoms with Crippen LogP contribution in [0.5, 0.6) is 5.75 Å². The van der Waals surface area contributed by atoms with Gasteiger partial charge >= 0.3 is 0 Å². The summed E-state index contributed by atoms with van der Waals surface area (Å²) in [4.78, 5) is 10.2. The Bertz CT molecular complexity index is 2300. The molecule has 0 bridgehead atoms. The maximum Gasteiger partial charge on any atom is 0.145 e. The number of fused-ring (bicyclic) bond motifs is 2. The highest BCUT2D eigenvalue weighted by Crippen LogP contribution is 2.40. The molecule has 0 amide bonds. The lowest BCUT2D eigenvalue weighted by molar-refractivity contribution is 0.477. The lowest BCUT2D eigenvalue weighted by Gasteiger charge is -2.22. The molecule has 0 saturated heterocycles. The van der Waals surface area contributed by atoms with Crippen molar-refractivity contribution in [1.82, 2.24) is 14.5 Å². The molecule has 2 aromatic heterocycles. The second kappa shape index (κ2) is 11.2. The number of imidazole rings is 1. The SMILES string of the molecule is Cc1cc(C(C)(C)C)ccc1-n1c(-c2cccc(-c3cc(C(C)(C)C)cc4cccnc34)c2)nc2c(-c3ccccc3O)cccc21. The molecular formula is C43H41N3O. The average molecular weight is 616 g/mol. The molecule has 0 atom stereocenters. The van der Waals surface area contributed by atoms with Crippen LogP contribution in [0.4, 0.5) is 0 Å². The first-order chi connectivity index (χ1) is 22.4. The van der Waals surface area contributed by atoms with Crippen LogP contribution >= 0.6 is 0 Å². The molecule has 0 aliphatic rings. The number of hydrogen-bond acceptors (Lipinski definition) is 3. The molecule has 7 rings (SSSR count). The van der Waals surface area contributed by atoms with Gasteiger partial charge in [0.1, 0.15) is 11.6 Å². The van der Waals surface area contributed by atoms with Crippen LogP contribution in [-0.2, 0) is 10.8 Å². The molecule has 0 saturated carbocycles. The minimum Gasteiger partial charge on any atom is -0.507 e. The zero-order valence-corrected chi connectivity index (χ0v) is 28.3. The molecule has 7 aromatic rings. The van der Waals surface area contributed by atoms with Gasteiger partial charge in [0.25, 0.3) is 0 Å². The molecule has 5 aromatic carbocycles. The van der Waals surface area contributed by atoms with Gasteiger partial charge in [-0.05, 0) is 82.5 Å². The van der Waals surface area contributed by atoms with Gasteiger partial charge in [0.2, 0.25) is 0 Å².